The summed E-state index contributed by atoms with van der Waals surface area (Å²) in [7, 11) is 1.56. The highest BCUT2D eigenvalue weighted by molar-refractivity contribution is 6.30. The lowest BCUT2D eigenvalue weighted by Crippen LogP contribution is -2.23. The molecule has 0 aromatic carbocycles. The highest BCUT2D eigenvalue weighted by atomic mass is 35.5. The standard InChI is InChI=1S/C9H11ClN2O/c1-6-3-4-12-5-7(6)8(10)9(13)11-2/h3-5,8H,1-2H3,(H,11,13). The van der Waals surface area contributed by atoms with Crippen molar-refractivity contribution in [1.82, 2.24) is 10.3 Å². The van der Waals surface area contributed by atoms with Gasteiger partial charge < -0.3 is 5.32 Å². The molecule has 1 atom stereocenters. The predicted molar refractivity (Wildman–Crippen MR) is 51.6 cm³/mol. The van der Waals surface area contributed by atoms with Gasteiger partial charge in [-0.2, -0.15) is 0 Å². The van der Waals surface area contributed by atoms with E-state index in [-0.39, 0.29) is 5.91 Å². The third kappa shape index (κ3) is 2.18. The van der Waals surface area contributed by atoms with Gasteiger partial charge in [0, 0.05) is 25.0 Å². The van der Waals surface area contributed by atoms with Crippen LogP contribution in [-0.2, 0) is 4.79 Å². The number of halogens is 1. The zero-order chi connectivity index (χ0) is 9.84. The quantitative estimate of drug-likeness (QED) is 0.731. The summed E-state index contributed by atoms with van der Waals surface area (Å²) in [6, 6.07) is 1.83. The molecule has 0 aliphatic heterocycles. The molecule has 0 saturated heterocycles. The van der Waals surface area contributed by atoms with Gasteiger partial charge in [0.2, 0.25) is 5.91 Å². The summed E-state index contributed by atoms with van der Waals surface area (Å²) in [6.45, 7) is 1.90. The van der Waals surface area contributed by atoms with Crippen LogP contribution in [-0.4, -0.2) is 17.9 Å². The second-order valence-corrected chi connectivity index (χ2v) is 3.15. The summed E-state index contributed by atoms with van der Waals surface area (Å²) >= 11 is 5.91. The third-order valence-corrected chi connectivity index (χ3v) is 2.26. The van der Waals surface area contributed by atoms with Crippen LogP contribution >= 0.6 is 11.6 Å². The van der Waals surface area contributed by atoms with Crippen LogP contribution in [0.4, 0.5) is 0 Å². The van der Waals surface area contributed by atoms with E-state index < -0.39 is 5.38 Å². The molecule has 0 radical (unpaired) electrons. The number of alkyl halides is 1. The number of carbonyl (C=O) groups excluding carboxylic acids is 1. The number of hydrogen-bond acceptors (Lipinski definition) is 2. The second kappa shape index (κ2) is 4.23. The maximum absolute atomic E-state index is 11.2. The van der Waals surface area contributed by atoms with Gasteiger partial charge in [0.1, 0.15) is 5.38 Å². The van der Waals surface area contributed by atoms with E-state index in [0.717, 1.165) is 11.1 Å². The van der Waals surface area contributed by atoms with Gasteiger partial charge in [-0.25, -0.2) is 0 Å². The number of carbonyl (C=O) groups is 1. The van der Waals surface area contributed by atoms with E-state index in [1.807, 2.05) is 13.0 Å². The maximum Gasteiger partial charge on any atom is 0.242 e. The van der Waals surface area contributed by atoms with Gasteiger partial charge >= 0.3 is 0 Å². The third-order valence-electron chi connectivity index (χ3n) is 1.83. The van der Waals surface area contributed by atoms with Crippen LogP contribution < -0.4 is 5.32 Å². The molecule has 3 nitrogen and oxygen atoms in total. The summed E-state index contributed by atoms with van der Waals surface area (Å²) in [5, 5.41) is 1.84. The van der Waals surface area contributed by atoms with Gasteiger partial charge in [0.05, 0.1) is 0 Å². The summed E-state index contributed by atoms with van der Waals surface area (Å²) in [5.41, 5.74) is 1.72. The van der Waals surface area contributed by atoms with Gasteiger partial charge in [0.15, 0.2) is 0 Å². The number of pyridine rings is 1. The van der Waals surface area contributed by atoms with Crippen molar-refractivity contribution in [1.29, 1.82) is 0 Å². The number of aromatic nitrogens is 1. The normalized spacial score (nSPS) is 12.2. The van der Waals surface area contributed by atoms with Crippen molar-refractivity contribution >= 4 is 17.5 Å². The van der Waals surface area contributed by atoms with E-state index in [1.54, 1.807) is 19.4 Å². The number of nitrogens with zero attached hydrogens (tertiary/aromatic N) is 1. The molecule has 70 valence electrons. The molecule has 0 bridgehead atoms. The highest BCUT2D eigenvalue weighted by Gasteiger charge is 2.17. The minimum Gasteiger partial charge on any atom is -0.358 e. The fraction of sp³-hybridized carbons (Fsp3) is 0.333. The molecular weight excluding hydrogens is 188 g/mol. The Bertz CT molecular complexity index is 314. The number of hydrogen-bond donors (Lipinski definition) is 1. The molecule has 13 heavy (non-hydrogen) atoms. The van der Waals surface area contributed by atoms with E-state index in [1.165, 1.54) is 0 Å². The average molecular weight is 199 g/mol. The van der Waals surface area contributed by atoms with Crippen LogP contribution in [0.3, 0.4) is 0 Å². The first-order valence-electron chi connectivity index (χ1n) is 3.93. The van der Waals surface area contributed by atoms with Crippen molar-refractivity contribution in [3.8, 4) is 0 Å². The van der Waals surface area contributed by atoms with Gasteiger partial charge in [-0.15, -0.1) is 11.6 Å². The molecule has 0 fully saturated rings. The molecule has 4 heteroatoms. The number of rotatable bonds is 2. The Morgan fingerprint density at radius 3 is 2.92 bits per heavy atom. The molecular formula is C9H11ClN2O. The van der Waals surface area contributed by atoms with Crippen molar-refractivity contribution in [2.24, 2.45) is 0 Å². The Labute approximate surface area is 82.1 Å². The first kappa shape index (κ1) is 9.99. The Balaban J connectivity index is 2.95. The number of amides is 1. The van der Waals surface area contributed by atoms with Gasteiger partial charge in [0.25, 0.3) is 0 Å². The fourth-order valence-electron chi connectivity index (χ4n) is 1.01. The number of likely N-dealkylation sites (N-methyl/N-ethyl adjacent to an activating group) is 1. The van der Waals surface area contributed by atoms with Crippen LogP contribution in [0.2, 0.25) is 0 Å². The van der Waals surface area contributed by atoms with Crippen LogP contribution in [0.15, 0.2) is 18.5 Å². The van der Waals surface area contributed by atoms with Crippen molar-refractivity contribution in [3.63, 3.8) is 0 Å². The fourth-order valence-corrected chi connectivity index (χ4v) is 1.35. The summed E-state index contributed by atoms with van der Waals surface area (Å²) < 4.78 is 0. The highest BCUT2D eigenvalue weighted by Crippen LogP contribution is 2.22. The molecule has 0 saturated carbocycles. The molecule has 1 unspecified atom stereocenters. The second-order valence-electron chi connectivity index (χ2n) is 2.71. The predicted octanol–water partition coefficient (Wildman–Crippen LogP) is 1.42. The molecule has 1 aromatic rings. The summed E-state index contributed by atoms with van der Waals surface area (Å²) in [5.74, 6) is -0.210. The van der Waals surface area contributed by atoms with Crippen molar-refractivity contribution in [2.75, 3.05) is 7.05 Å². The maximum atomic E-state index is 11.2. The van der Waals surface area contributed by atoms with Crippen LogP contribution in [0.25, 0.3) is 0 Å². The molecule has 0 aliphatic rings. The SMILES string of the molecule is CNC(=O)C(Cl)c1cnccc1C. The van der Waals surface area contributed by atoms with E-state index in [9.17, 15) is 4.79 Å². The zero-order valence-corrected chi connectivity index (χ0v) is 8.30. The lowest BCUT2D eigenvalue weighted by Gasteiger charge is -2.09. The molecule has 1 rings (SSSR count). The van der Waals surface area contributed by atoms with Crippen molar-refractivity contribution in [2.45, 2.75) is 12.3 Å². The first-order valence-corrected chi connectivity index (χ1v) is 4.36. The molecule has 0 spiro atoms. The summed E-state index contributed by atoms with van der Waals surface area (Å²) in [4.78, 5) is 15.1. The van der Waals surface area contributed by atoms with Crippen molar-refractivity contribution < 1.29 is 4.79 Å². The Kier molecular flexibility index (Phi) is 3.25. The van der Waals surface area contributed by atoms with Gasteiger partial charge in [-0.05, 0) is 18.6 Å². The molecule has 1 aromatic heterocycles. The average Bonchev–Trinajstić information content (AvgIpc) is 2.16. The molecule has 1 heterocycles. The van der Waals surface area contributed by atoms with Crippen LogP contribution in [0.5, 0.6) is 0 Å². The van der Waals surface area contributed by atoms with Crippen LogP contribution in [0, 0.1) is 6.92 Å². The molecule has 1 N–H and O–H groups in total. The monoisotopic (exact) mass is 198 g/mol. The van der Waals surface area contributed by atoms with E-state index >= 15 is 0 Å². The lowest BCUT2D eigenvalue weighted by atomic mass is 10.1. The molecule has 0 aliphatic carbocycles. The van der Waals surface area contributed by atoms with Crippen LogP contribution in [0.1, 0.15) is 16.5 Å². The number of aryl methyl sites for hydroxylation is 1. The minimum atomic E-state index is -0.654. The van der Waals surface area contributed by atoms with E-state index in [4.69, 9.17) is 11.6 Å². The lowest BCUT2D eigenvalue weighted by molar-refractivity contribution is -0.120. The first-order chi connectivity index (χ1) is 6.16. The zero-order valence-electron chi connectivity index (χ0n) is 7.54. The number of nitrogens with one attached hydrogen (secondary N) is 1. The van der Waals surface area contributed by atoms with E-state index in [0.29, 0.717) is 0 Å². The minimum absolute atomic E-state index is 0.210. The Hall–Kier alpha value is -1.09. The largest absolute Gasteiger partial charge is 0.358 e. The summed E-state index contributed by atoms with van der Waals surface area (Å²) in [6.07, 6.45) is 3.29. The topological polar surface area (TPSA) is 42.0 Å². The van der Waals surface area contributed by atoms with Gasteiger partial charge in [-0.3, -0.25) is 9.78 Å². The molecule has 1 amide bonds. The Morgan fingerprint density at radius 2 is 2.38 bits per heavy atom. The van der Waals surface area contributed by atoms with Crippen molar-refractivity contribution in [3.05, 3.63) is 29.6 Å². The Morgan fingerprint density at radius 1 is 1.69 bits per heavy atom. The van der Waals surface area contributed by atoms with Gasteiger partial charge in [-0.1, -0.05) is 0 Å². The van der Waals surface area contributed by atoms with E-state index in [2.05, 4.69) is 10.3 Å². The smallest absolute Gasteiger partial charge is 0.242 e.